The first-order valence-corrected chi connectivity index (χ1v) is 19.9. The number of nitrogens with zero attached hydrogens (tertiary/aromatic N) is 1. The summed E-state index contributed by atoms with van der Waals surface area (Å²) < 4.78 is 41.9. The molecule has 49 heavy (non-hydrogen) atoms. The third kappa shape index (κ3) is 9.69. The number of hydrogen-bond donors (Lipinski definition) is 2. The number of amides is 1. The Bertz CT molecular complexity index is 1580. The van der Waals surface area contributed by atoms with E-state index in [-0.39, 0.29) is 29.4 Å². The van der Waals surface area contributed by atoms with Gasteiger partial charge in [-0.3, -0.25) is 4.79 Å². The molecule has 2 heterocycles. The van der Waals surface area contributed by atoms with E-state index < -0.39 is 27.3 Å². The molecule has 1 aliphatic carbocycles. The highest BCUT2D eigenvalue weighted by molar-refractivity contribution is 7.90. The lowest BCUT2D eigenvalue weighted by Gasteiger charge is -2.42. The number of rotatable bonds is 14. The molecule has 10 heteroatoms. The van der Waals surface area contributed by atoms with Crippen molar-refractivity contribution in [2.45, 2.75) is 102 Å². The third-order valence-electron chi connectivity index (χ3n) is 10.5. The number of carbonyl (C=O) groups is 1. The van der Waals surface area contributed by atoms with Crippen molar-refractivity contribution in [1.29, 1.82) is 0 Å². The molecule has 2 aromatic carbocycles. The summed E-state index contributed by atoms with van der Waals surface area (Å²) in [5.41, 5.74) is 3.23. The van der Waals surface area contributed by atoms with E-state index in [0.717, 1.165) is 74.7 Å². The molecule has 0 radical (unpaired) electrons. The number of nitrogens with one attached hydrogen (secondary N) is 1. The molecule has 8 nitrogen and oxygen atoms in total. The summed E-state index contributed by atoms with van der Waals surface area (Å²) in [5.74, 6) is 0.159. The van der Waals surface area contributed by atoms with Crippen molar-refractivity contribution in [3.63, 3.8) is 0 Å². The molecule has 2 aliphatic heterocycles. The number of halogens is 1. The van der Waals surface area contributed by atoms with Crippen molar-refractivity contribution in [2.75, 3.05) is 24.6 Å². The Kier molecular flexibility index (Phi) is 13.3. The lowest BCUT2D eigenvalue weighted by atomic mass is 9.70. The number of aliphatic hydroxyl groups excluding tert-OH is 1. The fraction of sp³-hybridized carbons (Fsp3) is 0.564. The van der Waals surface area contributed by atoms with Gasteiger partial charge in [-0.2, -0.15) is 0 Å². The van der Waals surface area contributed by atoms with Gasteiger partial charge in [0.05, 0.1) is 23.1 Å². The molecule has 2 fully saturated rings. The first-order valence-electron chi connectivity index (χ1n) is 18.0. The van der Waals surface area contributed by atoms with E-state index in [0.29, 0.717) is 43.4 Å². The van der Waals surface area contributed by atoms with Gasteiger partial charge in [-0.1, -0.05) is 56.2 Å². The van der Waals surface area contributed by atoms with Crippen molar-refractivity contribution >= 4 is 33.2 Å². The average Bonchev–Trinajstić information content (AvgIpc) is 3.05. The van der Waals surface area contributed by atoms with Gasteiger partial charge in [-0.15, -0.1) is 6.58 Å². The molecular formula is C39H53ClN2O6S. The van der Waals surface area contributed by atoms with Crippen molar-refractivity contribution in [3.8, 4) is 5.75 Å². The number of unbranched alkanes of at least 4 members (excludes halogenated alkanes) is 1. The van der Waals surface area contributed by atoms with Gasteiger partial charge in [0, 0.05) is 30.3 Å². The smallest absolute Gasteiger partial charge is 0.264 e. The van der Waals surface area contributed by atoms with Crippen LogP contribution in [0.25, 0.3) is 0 Å². The van der Waals surface area contributed by atoms with Crippen LogP contribution in [-0.4, -0.2) is 56.6 Å². The Balaban J connectivity index is 1.42. The molecular weight excluding hydrogens is 660 g/mol. The maximum atomic E-state index is 13.7. The highest BCUT2D eigenvalue weighted by Crippen LogP contribution is 2.41. The lowest BCUT2D eigenvalue weighted by Crippen LogP contribution is -2.45. The highest BCUT2D eigenvalue weighted by Gasteiger charge is 2.38. The number of anilines is 1. The summed E-state index contributed by atoms with van der Waals surface area (Å²) in [7, 11) is -4.02. The number of aryl methyl sites for hydroxylation is 1. The minimum Gasteiger partial charge on any atom is -0.487 e. The van der Waals surface area contributed by atoms with Gasteiger partial charge in [0.25, 0.3) is 5.91 Å². The van der Waals surface area contributed by atoms with E-state index in [1.54, 1.807) is 24.3 Å². The quantitative estimate of drug-likeness (QED) is 0.194. The Morgan fingerprint density at radius 3 is 2.67 bits per heavy atom. The molecule has 1 saturated carbocycles. The van der Waals surface area contributed by atoms with E-state index in [9.17, 15) is 18.3 Å². The van der Waals surface area contributed by atoms with Gasteiger partial charge in [0.2, 0.25) is 10.0 Å². The van der Waals surface area contributed by atoms with Crippen molar-refractivity contribution < 1.29 is 27.8 Å². The predicted octanol–water partition coefficient (Wildman–Crippen LogP) is 7.62. The number of fused-ring (bicyclic) bond motifs is 2. The molecule has 1 saturated heterocycles. The zero-order valence-corrected chi connectivity index (χ0v) is 30.6. The molecule has 0 spiro atoms. The second-order valence-corrected chi connectivity index (χ2v) is 16.4. The lowest BCUT2D eigenvalue weighted by molar-refractivity contribution is -0.0563. The van der Waals surface area contributed by atoms with Crippen LogP contribution in [0.3, 0.4) is 0 Å². The summed E-state index contributed by atoms with van der Waals surface area (Å²) in [4.78, 5) is 16.0. The molecule has 2 aromatic rings. The predicted molar refractivity (Wildman–Crippen MR) is 197 cm³/mol. The molecule has 1 amide bonds. The van der Waals surface area contributed by atoms with E-state index in [2.05, 4.69) is 29.2 Å². The van der Waals surface area contributed by atoms with Crippen LogP contribution in [0.4, 0.5) is 5.69 Å². The summed E-state index contributed by atoms with van der Waals surface area (Å²) in [6.45, 7) is 10.2. The van der Waals surface area contributed by atoms with E-state index in [1.165, 1.54) is 0 Å². The van der Waals surface area contributed by atoms with Crippen LogP contribution in [0.5, 0.6) is 5.75 Å². The normalized spacial score (nSPS) is 23.0. The Labute approximate surface area is 298 Å². The van der Waals surface area contributed by atoms with Crippen LogP contribution >= 0.6 is 11.6 Å². The standard InChI is InChI=1S/C39H53ClN2O6S/c1-4-6-7-12-36(43)34-17-14-30(34)25-42-20-9-8-11-28-22-32(40)16-13-31(28)26-48-37-18-15-29(23-35(37)42)39(44)41-49(45,46)38(27(3)10-5-2)24-33-19-21-47-33/h5,7,12-13,15-16,18,22-23,27,30,33-34,36,38,43H,2,4,6,8-11,14,17,19-21,24-26H2,1,3H3,(H,41,44)/b12-7+/t27-,30+,33-,34-,36+,38-/m1/s1. The summed E-state index contributed by atoms with van der Waals surface area (Å²) in [6.07, 6.45) is 13.4. The molecule has 2 N–H and O–H groups in total. The Morgan fingerprint density at radius 2 is 1.98 bits per heavy atom. The molecule has 0 aromatic heterocycles. The molecule has 3 aliphatic rings. The molecule has 0 bridgehead atoms. The first-order chi connectivity index (χ1) is 23.6. The number of carbonyl (C=O) groups excluding carboxylic acids is 1. The van der Waals surface area contributed by atoms with Crippen LogP contribution < -0.4 is 14.4 Å². The molecule has 0 unspecified atom stereocenters. The van der Waals surface area contributed by atoms with Crippen LogP contribution in [0.15, 0.2) is 61.2 Å². The Hall–Kier alpha value is -2.85. The van der Waals surface area contributed by atoms with Crippen LogP contribution in [0.2, 0.25) is 5.02 Å². The summed E-state index contributed by atoms with van der Waals surface area (Å²) >= 11 is 6.35. The molecule has 268 valence electrons. The monoisotopic (exact) mass is 712 g/mol. The molecule has 5 rings (SSSR count). The number of aliphatic hydroxyl groups is 1. The number of ether oxygens (including phenoxy) is 2. The fourth-order valence-corrected chi connectivity index (χ4v) is 9.16. The maximum absolute atomic E-state index is 13.7. The zero-order valence-electron chi connectivity index (χ0n) is 29.0. The van der Waals surface area contributed by atoms with Crippen LogP contribution in [0, 0.1) is 17.8 Å². The second-order valence-electron chi connectivity index (χ2n) is 14.0. The third-order valence-corrected chi connectivity index (χ3v) is 12.7. The number of hydrogen-bond acceptors (Lipinski definition) is 7. The van der Waals surface area contributed by atoms with E-state index in [1.807, 2.05) is 31.2 Å². The van der Waals surface area contributed by atoms with Gasteiger partial charge >= 0.3 is 0 Å². The van der Waals surface area contributed by atoms with Gasteiger partial charge in [-0.25, -0.2) is 13.1 Å². The number of benzene rings is 2. The Morgan fingerprint density at radius 1 is 1.16 bits per heavy atom. The van der Waals surface area contributed by atoms with Crippen LogP contribution in [-0.2, 0) is 27.8 Å². The number of sulfonamides is 1. The zero-order chi connectivity index (χ0) is 35.0. The van der Waals surface area contributed by atoms with Crippen LogP contribution in [0.1, 0.15) is 93.1 Å². The van der Waals surface area contributed by atoms with Crippen molar-refractivity contribution in [3.05, 3.63) is 82.9 Å². The second kappa shape index (κ2) is 17.4. The summed E-state index contributed by atoms with van der Waals surface area (Å²) in [5, 5.41) is 10.9. The highest BCUT2D eigenvalue weighted by atomic mass is 35.5. The SMILES string of the molecule is C=CC[C@@H](C)[C@@H](C[C@H]1CCO1)S(=O)(=O)NC(=O)c1ccc2c(c1)N(C[C@@H]1CC[C@H]1[C@@H](O)/C=C/CCC)CCCCc1cc(Cl)ccc1CO2. The van der Waals surface area contributed by atoms with E-state index >= 15 is 0 Å². The largest absolute Gasteiger partial charge is 0.487 e. The topological polar surface area (TPSA) is 105 Å². The van der Waals surface area contributed by atoms with Crippen molar-refractivity contribution in [1.82, 2.24) is 4.72 Å². The van der Waals surface area contributed by atoms with Gasteiger partial charge in [0.1, 0.15) is 12.4 Å². The average molecular weight is 713 g/mol. The van der Waals surface area contributed by atoms with Gasteiger partial charge in [-0.05, 0) is 117 Å². The number of allylic oxidation sites excluding steroid dienone is 2. The van der Waals surface area contributed by atoms with Gasteiger partial charge < -0.3 is 19.5 Å². The minimum absolute atomic E-state index is 0.125. The summed E-state index contributed by atoms with van der Waals surface area (Å²) in [6, 6.07) is 11.1. The van der Waals surface area contributed by atoms with Crippen molar-refractivity contribution in [2.24, 2.45) is 17.8 Å². The minimum atomic E-state index is -4.02. The molecule has 6 atom stereocenters. The van der Waals surface area contributed by atoms with Gasteiger partial charge in [0.15, 0.2) is 0 Å². The fourth-order valence-electron chi connectivity index (χ4n) is 7.25. The first kappa shape index (κ1) is 37.4. The maximum Gasteiger partial charge on any atom is 0.264 e. The van der Waals surface area contributed by atoms with E-state index in [4.69, 9.17) is 21.1 Å².